The summed E-state index contributed by atoms with van der Waals surface area (Å²) in [4.78, 5) is 25.7. The van der Waals surface area contributed by atoms with Crippen LogP contribution in [-0.2, 0) is 20.5 Å². The number of esters is 1. The Morgan fingerprint density at radius 2 is 1.56 bits per heavy atom. The predicted octanol–water partition coefficient (Wildman–Crippen LogP) is 4.99. The molecule has 1 N–H and O–H groups in total. The first-order valence-corrected chi connectivity index (χ1v) is 11.1. The molecule has 0 fully saturated rings. The second kappa shape index (κ2) is 12.0. The van der Waals surface area contributed by atoms with Crippen molar-refractivity contribution < 1.29 is 41.4 Å². The minimum Gasteiger partial charge on any atom is -0.489 e. The lowest BCUT2D eigenvalue weighted by molar-refractivity contribution is -0.169. The number of nitriles is 2. The van der Waals surface area contributed by atoms with Crippen LogP contribution in [0.1, 0.15) is 23.6 Å². The van der Waals surface area contributed by atoms with Gasteiger partial charge in [-0.05, 0) is 49.4 Å². The van der Waals surface area contributed by atoms with Crippen molar-refractivity contribution in [3.05, 3.63) is 89.2 Å². The third-order valence-corrected chi connectivity index (χ3v) is 5.20. The SMILES string of the molecule is C[C@@](COc1ccc(C#N)c(F)c1)(OC(=O)COc1ccccc1)C(=O)Nc1ccc(C#N)c(C(F)(F)F)c1. The Morgan fingerprint density at radius 1 is 0.897 bits per heavy atom. The molecule has 3 rings (SSSR count). The zero-order valence-corrected chi connectivity index (χ0v) is 20.2. The number of rotatable bonds is 9. The molecule has 200 valence electrons. The Labute approximate surface area is 219 Å². The van der Waals surface area contributed by atoms with Gasteiger partial charge in [0.2, 0.25) is 5.60 Å². The number of anilines is 1. The van der Waals surface area contributed by atoms with Crippen molar-refractivity contribution in [3.63, 3.8) is 0 Å². The normalized spacial score (nSPS) is 12.3. The van der Waals surface area contributed by atoms with Gasteiger partial charge in [-0.15, -0.1) is 0 Å². The molecule has 0 saturated carbocycles. The van der Waals surface area contributed by atoms with Crippen LogP contribution in [-0.4, -0.2) is 30.7 Å². The first-order chi connectivity index (χ1) is 18.4. The molecule has 0 saturated heterocycles. The predicted molar refractivity (Wildman–Crippen MR) is 128 cm³/mol. The molecule has 0 heterocycles. The highest BCUT2D eigenvalue weighted by molar-refractivity contribution is 5.98. The van der Waals surface area contributed by atoms with Crippen LogP contribution in [0.15, 0.2) is 66.7 Å². The second-order valence-corrected chi connectivity index (χ2v) is 8.17. The van der Waals surface area contributed by atoms with Crippen LogP contribution in [0.25, 0.3) is 0 Å². The van der Waals surface area contributed by atoms with Gasteiger partial charge in [-0.2, -0.15) is 23.7 Å². The van der Waals surface area contributed by atoms with Gasteiger partial charge in [-0.25, -0.2) is 9.18 Å². The highest BCUT2D eigenvalue weighted by Crippen LogP contribution is 2.34. The summed E-state index contributed by atoms with van der Waals surface area (Å²) in [7, 11) is 0. The number of carbonyl (C=O) groups is 2. The van der Waals surface area contributed by atoms with Crippen molar-refractivity contribution in [1.29, 1.82) is 10.5 Å². The fourth-order valence-electron chi connectivity index (χ4n) is 3.20. The van der Waals surface area contributed by atoms with Crippen molar-refractivity contribution in [2.45, 2.75) is 18.7 Å². The molecule has 0 unspecified atom stereocenters. The van der Waals surface area contributed by atoms with Crippen molar-refractivity contribution in [1.82, 2.24) is 0 Å². The monoisotopic (exact) mass is 541 g/mol. The van der Waals surface area contributed by atoms with Crippen molar-refractivity contribution >= 4 is 17.6 Å². The Balaban J connectivity index is 1.83. The molecular weight excluding hydrogens is 522 g/mol. The smallest absolute Gasteiger partial charge is 0.417 e. The van der Waals surface area contributed by atoms with Crippen LogP contribution in [0.3, 0.4) is 0 Å². The molecule has 0 radical (unpaired) electrons. The van der Waals surface area contributed by atoms with Crippen LogP contribution in [0.4, 0.5) is 23.2 Å². The Bertz CT molecular complexity index is 1450. The minimum atomic E-state index is -4.88. The maximum absolute atomic E-state index is 14.0. The summed E-state index contributed by atoms with van der Waals surface area (Å²) in [6, 6.07) is 17.1. The number of hydrogen-bond donors (Lipinski definition) is 1. The largest absolute Gasteiger partial charge is 0.489 e. The van der Waals surface area contributed by atoms with Gasteiger partial charge in [0.15, 0.2) is 6.61 Å². The number of para-hydroxylation sites is 1. The van der Waals surface area contributed by atoms with E-state index in [4.69, 9.17) is 24.7 Å². The maximum Gasteiger partial charge on any atom is 0.417 e. The van der Waals surface area contributed by atoms with Gasteiger partial charge in [-0.3, -0.25) is 4.79 Å². The number of amides is 1. The van der Waals surface area contributed by atoms with E-state index in [1.54, 1.807) is 36.4 Å². The molecule has 0 spiro atoms. The topological polar surface area (TPSA) is 121 Å². The van der Waals surface area contributed by atoms with Crippen molar-refractivity contribution in [2.24, 2.45) is 0 Å². The van der Waals surface area contributed by atoms with E-state index < -0.39 is 53.8 Å². The first-order valence-electron chi connectivity index (χ1n) is 11.1. The van der Waals surface area contributed by atoms with Crippen molar-refractivity contribution in [3.8, 4) is 23.6 Å². The molecule has 0 aliphatic carbocycles. The minimum absolute atomic E-state index is 0.111. The summed E-state index contributed by atoms with van der Waals surface area (Å²) in [6.45, 7) is -0.172. The third-order valence-electron chi connectivity index (χ3n) is 5.20. The van der Waals surface area contributed by atoms with Crippen molar-refractivity contribution in [2.75, 3.05) is 18.5 Å². The second-order valence-electron chi connectivity index (χ2n) is 8.17. The standard InChI is InChI=1S/C27H19F4N3O5/c1-26(16-38-21-10-8-18(14-33)23(28)12-21,39-24(35)15-37-20-5-3-2-4-6-20)25(36)34-19-9-7-17(13-32)22(11-19)27(29,30)31/h2-12H,15-16H2,1H3,(H,34,36)/t26-/m0/s1. The van der Waals surface area contributed by atoms with E-state index in [-0.39, 0.29) is 17.0 Å². The zero-order chi connectivity index (χ0) is 28.6. The Morgan fingerprint density at radius 3 is 2.18 bits per heavy atom. The summed E-state index contributed by atoms with van der Waals surface area (Å²) >= 11 is 0. The molecule has 0 aromatic heterocycles. The highest BCUT2D eigenvalue weighted by Gasteiger charge is 2.40. The number of alkyl halides is 3. The molecule has 3 aromatic carbocycles. The summed E-state index contributed by atoms with van der Waals surface area (Å²) in [6.07, 6.45) is -4.88. The molecule has 8 nitrogen and oxygen atoms in total. The average Bonchev–Trinajstić information content (AvgIpc) is 2.91. The van der Waals surface area contributed by atoms with Crippen LogP contribution in [0.2, 0.25) is 0 Å². The number of nitrogens with one attached hydrogen (secondary N) is 1. The van der Waals surface area contributed by atoms with Crippen LogP contribution in [0, 0.1) is 28.5 Å². The van der Waals surface area contributed by atoms with E-state index in [0.717, 1.165) is 31.2 Å². The maximum atomic E-state index is 14.0. The van der Waals surface area contributed by atoms with E-state index >= 15 is 0 Å². The molecular formula is C27H19F4N3O5. The lowest BCUT2D eigenvalue weighted by atomic mass is 10.0. The van der Waals surface area contributed by atoms with E-state index in [1.165, 1.54) is 12.1 Å². The lowest BCUT2D eigenvalue weighted by Crippen LogP contribution is -2.49. The Hall–Kier alpha value is -5.10. The van der Waals surface area contributed by atoms with E-state index in [2.05, 4.69) is 5.32 Å². The number of hydrogen-bond acceptors (Lipinski definition) is 7. The van der Waals surface area contributed by atoms with Gasteiger partial charge in [0, 0.05) is 11.8 Å². The Kier molecular flexibility index (Phi) is 8.73. The lowest BCUT2D eigenvalue weighted by Gasteiger charge is -2.28. The molecule has 0 aliphatic heterocycles. The quantitative estimate of drug-likeness (QED) is 0.299. The van der Waals surface area contributed by atoms with E-state index in [9.17, 15) is 27.2 Å². The number of halogens is 4. The molecule has 0 aliphatic rings. The van der Waals surface area contributed by atoms with Gasteiger partial charge in [0.25, 0.3) is 5.91 Å². The van der Waals surface area contributed by atoms with Crippen LogP contribution >= 0.6 is 0 Å². The molecule has 39 heavy (non-hydrogen) atoms. The molecule has 0 bridgehead atoms. The molecule has 3 aromatic rings. The summed E-state index contributed by atoms with van der Waals surface area (Å²) in [5, 5.41) is 20.1. The van der Waals surface area contributed by atoms with Gasteiger partial charge < -0.3 is 19.5 Å². The summed E-state index contributed by atoms with van der Waals surface area (Å²) in [5.74, 6) is -2.77. The van der Waals surface area contributed by atoms with Gasteiger partial charge in [0.1, 0.15) is 30.0 Å². The molecule has 1 amide bonds. The fourth-order valence-corrected chi connectivity index (χ4v) is 3.20. The molecule has 12 heteroatoms. The number of benzene rings is 3. The highest BCUT2D eigenvalue weighted by atomic mass is 19.4. The first kappa shape index (κ1) is 28.5. The van der Waals surface area contributed by atoms with Crippen LogP contribution < -0.4 is 14.8 Å². The number of nitrogens with zero attached hydrogens (tertiary/aromatic N) is 2. The fraction of sp³-hybridized carbons (Fsp3) is 0.185. The number of ether oxygens (including phenoxy) is 3. The molecule has 1 atom stereocenters. The van der Waals surface area contributed by atoms with Gasteiger partial charge in [-0.1, -0.05) is 18.2 Å². The zero-order valence-electron chi connectivity index (χ0n) is 20.2. The van der Waals surface area contributed by atoms with Gasteiger partial charge in [0.05, 0.1) is 22.8 Å². The number of carbonyl (C=O) groups excluding carboxylic acids is 2. The van der Waals surface area contributed by atoms with E-state index in [0.29, 0.717) is 11.8 Å². The summed E-state index contributed by atoms with van der Waals surface area (Å²) in [5.41, 5.74) is -4.67. The average molecular weight is 541 g/mol. The summed E-state index contributed by atoms with van der Waals surface area (Å²) < 4.78 is 70.1. The third kappa shape index (κ3) is 7.46. The van der Waals surface area contributed by atoms with E-state index in [1.807, 2.05) is 0 Å². The van der Waals surface area contributed by atoms with Gasteiger partial charge >= 0.3 is 12.1 Å². The van der Waals surface area contributed by atoms with Crippen LogP contribution in [0.5, 0.6) is 11.5 Å².